The second kappa shape index (κ2) is 9.66. The number of nitrogens with two attached hydrogens (primary N) is 1. The first-order chi connectivity index (χ1) is 15.8. The molecular weight excluding hydrogens is 510 g/mol. The Balaban J connectivity index is 1.49. The predicted octanol–water partition coefficient (Wildman–Crippen LogP) is 0.767. The van der Waals surface area contributed by atoms with Gasteiger partial charge in [-0.15, -0.1) is 23.1 Å². The van der Waals surface area contributed by atoms with Gasteiger partial charge in [-0.3, -0.25) is 14.5 Å². The van der Waals surface area contributed by atoms with Crippen LogP contribution in [0.5, 0.6) is 0 Å². The third-order valence-electron chi connectivity index (χ3n) is 4.58. The molecular formula is C17H17N7O5S4. The SMILES string of the molecule is CON=C(C(=O)NC1C(=O)N2C(C(=O)O)=C(CSc3nc(C)ns3)CS[C@H]12)c1csc(N)n1. The molecule has 174 valence electrons. The van der Waals surface area contributed by atoms with Crippen molar-refractivity contribution in [3.05, 3.63) is 28.2 Å². The summed E-state index contributed by atoms with van der Waals surface area (Å²) in [4.78, 5) is 51.9. The average Bonchev–Trinajstić information content (AvgIpc) is 3.40. The second-order valence-corrected chi connectivity index (χ2v) is 10.7. The lowest BCUT2D eigenvalue weighted by atomic mass is 10.0. The number of carbonyl (C=O) groups excluding carboxylic acids is 2. The number of aryl methyl sites for hydroxylation is 1. The number of fused-ring (bicyclic) bond motifs is 1. The van der Waals surface area contributed by atoms with Crippen molar-refractivity contribution in [2.45, 2.75) is 22.7 Å². The maximum absolute atomic E-state index is 12.9. The maximum atomic E-state index is 12.9. The number of amides is 2. The Labute approximate surface area is 203 Å². The maximum Gasteiger partial charge on any atom is 0.352 e. The van der Waals surface area contributed by atoms with E-state index in [1.54, 1.807) is 12.3 Å². The molecule has 1 saturated heterocycles. The molecule has 33 heavy (non-hydrogen) atoms. The van der Waals surface area contributed by atoms with E-state index >= 15 is 0 Å². The smallest absolute Gasteiger partial charge is 0.352 e. The highest BCUT2D eigenvalue weighted by Gasteiger charge is 2.54. The first-order valence-electron chi connectivity index (χ1n) is 9.26. The summed E-state index contributed by atoms with van der Waals surface area (Å²) in [6, 6.07) is -0.907. The van der Waals surface area contributed by atoms with Gasteiger partial charge in [-0.1, -0.05) is 16.9 Å². The number of carboxylic acid groups (broad SMARTS) is 1. The molecule has 2 aliphatic heterocycles. The number of carboxylic acids is 1. The molecule has 0 aromatic carbocycles. The number of hydrogen-bond donors (Lipinski definition) is 3. The lowest BCUT2D eigenvalue weighted by molar-refractivity contribution is -0.150. The fraction of sp³-hybridized carbons (Fsp3) is 0.353. The molecule has 1 fully saturated rings. The normalized spacial score (nSPS) is 20.4. The third kappa shape index (κ3) is 4.68. The monoisotopic (exact) mass is 527 g/mol. The second-order valence-electron chi connectivity index (χ2n) is 6.71. The van der Waals surface area contributed by atoms with E-state index in [4.69, 9.17) is 10.6 Å². The van der Waals surface area contributed by atoms with Crippen molar-refractivity contribution < 1.29 is 24.3 Å². The summed E-state index contributed by atoms with van der Waals surface area (Å²) in [6.07, 6.45) is 0. The summed E-state index contributed by atoms with van der Waals surface area (Å²) in [5, 5.41) is 17.4. The van der Waals surface area contributed by atoms with Crippen molar-refractivity contribution in [3.8, 4) is 0 Å². The summed E-state index contributed by atoms with van der Waals surface area (Å²) in [5.74, 6) is -0.957. The fourth-order valence-corrected chi connectivity index (χ4v) is 6.86. The van der Waals surface area contributed by atoms with Crippen LogP contribution >= 0.6 is 46.4 Å². The van der Waals surface area contributed by atoms with Crippen molar-refractivity contribution in [1.29, 1.82) is 0 Å². The van der Waals surface area contributed by atoms with Crippen LogP contribution in [0.3, 0.4) is 0 Å². The van der Waals surface area contributed by atoms with Crippen molar-refractivity contribution in [1.82, 2.24) is 24.6 Å². The molecule has 4 heterocycles. The Morgan fingerprint density at radius 3 is 2.85 bits per heavy atom. The van der Waals surface area contributed by atoms with E-state index in [0.717, 1.165) is 15.7 Å². The molecule has 4 N–H and O–H groups in total. The van der Waals surface area contributed by atoms with E-state index < -0.39 is 29.2 Å². The number of carbonyl (C=O) groups is 3. The minimum Gasteiger partial charge on any atom is -0.477 e. The molecule has 16 heteroatoms. The van der Waals surface area contributed by atoms with Crippen LogP contribution < -0.4 is 11.1 Å². The van der Waals surface area contributed by atoms with E-state index in [0.29, 0.717) is 22.9 Å². The van der Waals surface area contributed by atoms with Crippen molar-refractivity contribution in [2.24, 2.45) is 5.16 Å². The van der Waals surface area contributed by atoms with E-state index in [1.807, 2.05) is 0 Å². The fourth-order valence-electron chi connectivity index (χ4n) is 3.18. The summed E-state index contributed by atoms with van der Waals surface area (Å²) in [6.45, 7) is 1.78. The summed E-state index contributed by atoms with van der Waals surface area (Å²) in [5.41, 5.74) is 6.27. The highest BCUT2D eigenvalue weighted by atomic mass is 32.2. The molecule has 2 atom stereocenters. The minimum atomic E-state index is -1.19. The Morgan fingerprint density at radius 2 is 2.24 bits per heavy atom. The molecule has 2 aliphatic rings. The zero-order valence-electron chi connectivity index (χ0n) is 17.2. The number of hydrogen-bond acceptors (Lipinski definition) is 13. The lowest BCUT2D eigenvalue weighted by Gasteiger charge is -2.49. The van der Waals surface area contributed by atoms with Gasteiger partial charge in [-0.25, -0.2) is 14.8 Å². The number of oxime groups is 1. The first kappa shape index (κ1) is 23.5. The van der Waals surface area contributed by atoms with Gasteiger partial charge in [0.2, 0.25) is 0 Å². The van der Waals surface area contributed by atoms with Gasteiger partial charge >= 0.3 is 5.97 Å². The third-order valence-corrected chi connectivity index (χ3v) is 8.60. The van der Waals surface area contributed by atoms with Gasteiger partial charge in [0.1, 0.15) is 35.7 Å². The largest absolute Gasteiger partial charge is 0.477 e. The molecule has 1 unspecified atom stereocenters. The highest BCUT2D eigenvalue weighted by molar-refractivity contribution is 8.01. The van der Waals surface area contributed by atoms with Crippen molar-refractivity contribution in [2.75, 3.05) is 24.3 Å². The lowest BCUT2D eigenvalue weighted by Crippen LogP contribution is -2.71. The molecule has 0 radical (unpaired) electrons. The van der Waals surface area contributed by atoms with Crippen LogP contribution in [0.25, 0.3) is 0 Å². The molecule has 2 aromatic heterocycles. The van der Waals surface area contributed by atoms with Gasteiger partial charge in [-0.2, -0.15) is 4.37 Å². The molecule has 2 aromatic rings. The van der Waals surface area contributed by atoms with E-state index in [1.165, 1.54) is 47.1 Å². The number of nitrogens with zero attached hydrogens (tertiary/aromatic N) is 5. The standard InChI is InChI=1S/C17H17N7O5S4/c1-6-19-17(33-23-6)32-4-7-3-30-14-10(13(26)24(14)11(7)15(27)28)21-12(25)9(22-29-2)8-5-31-16(18)20-8/h5,10,14H,3-4H2,1-2H3,(H2,18,20)(H,21,25)(H,27,28)/t10?,14-/m1/s1. The number of anilines is 1. The zero-order chi connectivity index (χ0) is 23.7. The van der Waals surface area contributed by atoms with Gasteiger partial charge in [0, 0.05) is 16.9 Å². The van der Waals surface area contributed by atoms with E-state index in [9.17, 15) is 19.5 Å². The summed E-state index contributed by atoms with van der Waals surface area (Å²) < 4.78 is 4.84. The van der Waals surface area contributed by atoms with Gasteiger partial charge in [0.25, 0.3) is 11.8 Å². The number of β-lactam (4-membered cyclic amide) rings is 1. The average molecular weight is 528 g/mol. The van der Waals surface area contributed by atoms with E-state index in [-0.39, 0.29) is 22.2 Å². The number of nitrogens with one attached hydrogen (secondary N) is 1. The molecule has 12 nitrogen and oxygen atoms in total. The van der Waals surface area contributed by atoms with Crippen LogP contribution in [0.2, 0.25) is 0 Å². The Kier molecular flexibility index (Phi) is 6.87. The van der Waals surface area contributed by atoms with E-state index in [2.05, 4.69) is 24.8 Å². The van der Waals surface area contributed by atoms with Crippen LogP contribution in [0.4, 0.5) is 5.13 Å². The summed E-state index contributed by atoms with van der Waals surface area (Å²) >= 11 is 5.13. The van der Waals surface area contributed by atoms with Gasteiger partial charge in [0.05, 0.1) is 0 Å². The molecule has 0 saturated carbocycles. The van der Waals surface area contributed by atoms with Crippen LogP contribution in [0, 0.1) is 6.92 Å². The number of thioether (sulfide) groups is 2. The first-order valence-corrected chi connectivity index (χ1v) is 13.0. The zero-order valence-corrected chi connectivity index (χ0v) is 20.4. The Hall–Kier alpha value is -2.69. The predicted molar refractivity (Wildman–Crippen MR) is 125 cm³/mol. The molecule has 0 bridgehead atoms. The van der Waals surface area contributed by atoms with Crippen molar-refractivity contribution in [3.63, 3.8) is 0 Å². The Bertz CT molecular complexity index is 1180. The molecule has 0 spiro atoms. The van der Waals surface area contributed by atoms with Gasteiger partial charge in [0.15, 0.2) is 15.2 Å². The van der Waals surface area contributed by atoms with Gasteiger partial charge < -0.3 is 21.0 Å². The van der Waals surface area contributed by atoms with Crippen LogP contribution in [0.15, 0.2) is 26.1 Å². The molecule has 2 amide bonds. The number of aromatic nitrogens is 3. The number of thiazole rings is 1. The number of nitrogen functional groups attached to an aromatic ring is 1. The number of aliphatic carboxylic acids is 1. The number of rotatable bonds is 8. The quantitative estimate of drug-likeness (QED) is 0.191. The van der Waals surface area contributed by atoms with Crippen LogP contribution in [0.1, 0.15) is 11.5 Å². The summed E-state index contributed by atoms with van der Waals surface area (Å²) in [7, 11) is 1.28. The minimum absolute atomic E-state index is 0.0546. The van der Waals surface area contributed by atoms with Gasteiger partial charge in [-0.05, 0) is 24.0 Å². The van der Waals surface area contributed by atoms with Crippen LogP contribution in [-0.2, 0) is 19.2 Å². The topological polar surface area (TPSA) is 173 Å². The Morgan fingerprint density at radius 1 is 1.45 bits per heavy atom. The van der Waals surface area contributed by atoms with Crippen LogP contribution in [-0.4, -0.2) is 77.9 Å². The van der Waals surface area contributed by atoms with Crippen molar-refractivity contribution >= 4 is 75.0 Å². The molecule has 0 aliphatic carbocycles. The highest BCUT2D eigenvalue weighted by Crippen LogP contribution is 2.41. The molecule has 4 rings (SSSR count).